The van der Waals surface area contributed by atoms with Gasteiger partial charge in [0.1, 0.15) is 6.54 Å². The number of nitrogens with zero attached hydrogens (tertiary/aromatic N) is 2. The molecule has 1 aliphatic rings. The molecule has 0 aromatic heterocycles. The van der Waals surface area contributed by atoms with Crippen molar-refractivity contribution >= 4 is 17.5 Å². The molecule has 0 atom stereocenters. The molecule has 1 N–H and O–H groups in total. The van der Waals surface area contributed by atoms with Crippen molar-refractivity contribution in [3.05, 3.63) is 29.8 Å². The number of carbonyl (C=O) groups is 2. The summed E-state index contributed by atoms with van der Waals surface area (Å²) in [7, 11) is 3.61. The lowest BCUT2D eigenvalue weighted by atomic mass is 10.1. The molecule has 1 saturated heterocycles. The third-order valence-corrected chi connectivity index (χ3v) is 3.38. The van der Waals surface area contributed by atoms with E-state index in [9.17, 15) is 9.59 Å². The monoisotopic (exact) mass is 261 g/mol. The first-order valence-corrected chi connectivity index (χ1v) is 6.43. The molecule has 5 nitrogen and oxygen atoms in total. The first kappa shape index (κ1) is 13.4. The van der Waals surface area contributed by atoms with Crippen LogP contribution in [0, 0.1) is 0 Å². The van der Waals surface area contributed by atoms with E-state index in [1.807, 2.05) is 19.2 Å². The molecule has 1 aliphatic heterocycles. The molecule has 1 aromatic carbocycles. The quantitative estimate of drug-likeness (QED) is 0.865. The minimum Gasteiger partial charge on any atom is -0.388 e. The molecule has 2 rings (SSSR count). The van der Waals surface area contributed by atoms with Gasteiger partial charge in [0.25, 0.3) is 5.91 Å². The molecule has 1 fully saturated rings. The van der Waals surface area contributed by atoms with E-state index in [0.717, 1.165) is 12.1 Å². The molecule has 19 heavy (non-hydrogen) atoms. The largest absolute Gasteiger partial charge is 0.388 e. The Bertz CT molecular complexity index is 470. The molecule has 0 radical (unpaired) electrons. The number of likely N-dealkylation sites (N-methyl/N-ethyl adjacent to an activating group) is 1. The Morgan fingerprint density at radius 3 is 2.53 bits per heavy atom. The topological polar surface area (TPSA) is 52.7 Å². The van der Waals surface area contributed by atoms with Crippen molar-refractivity contribution in [3.8, 4) is 0 Å². The van der Waals surface area contributed by atoms with E-state index in [1.54, 1.807) is 29.0 Å². The number of nitrogens with one attached hydrogen (secondary N) is 1. The van der Waals surface area contributed by atoms with Crippen LogP contribution in [0.25, 0.3) is 0 Å². The number of hydrogen-bond acceptors (Lipinski definition) is 3. The second-order valence-electron chi connectivity index (χ2n) is 4.72. The van der Waals surface area contributed by atoms with Gasteiger partial charge in [-0.05, 0) is 30.7 Å². The lowest BCUT2D eigenvalue weighted by molar-refractivity contribution is -0.129. The minimum atomic E-state index is -0.0775. The van der Waals surface area contributed by atoms with Crippen molar-refractivity contribution in [2.45, 2.75) is 6.42 Å². The molecule has 0 aliphatic carbocycles. The van der Waals surface area contributed by atoms with Crippen molar-refractivity contribution in [1.29, 1.82) is 0 Å². The van der Waals surface area contributed by atoms with E-state index < -0.39 is 0 Å². The molecular formula is C14H19N3O2. The summed E-state index contributed by atoms with van der Waals surface area (Å²) >= 11 is 0. The van der Waals surface area contributed by atoms with Gasteiger partial charge in [-0.25, -0.2) is 0 Å². The average Bonchev–Trinajstić information content (AvgIpc) is 2.60. The number of benzene rings is 1. The average molecular weight is 261 g/mol. The highest BCUT2D eigenvalue weighted by Gasteiger charge is 2.23. The zero-order valence-corrected chi connectivity index (χ0v) is 11.3. The number of amides is 2. The van der Waals surface area contributed by atoms with E-state index in [0.29, 0.717) is 18.7 Å². The van der Waals surface area contributed by atoms with Gasteiger partial charge in [0, 0.05) is 38.4 Å². The molecule has 0 unspecified atom stereocenters. The highest BCUT2D eigenvalue weighted by molar-refractivity contribution is 5.96. The van der Waals surface area contributed by atoms with Crippen LogP contribution in [0.3, 0.4) is 0 Å². The van der Waals surface area contributed by atoms with Gasteiger partial charge in [0.05, 0.1) is 0 Å². The smallest absolute Gasteiger partial charge is 0.254 e. The molecule has 5 heteroatoms. The van der Waals surface area contributed by atoms with Gasteiger partial charge in [-0.2, -0.15) is 0 Å². The Kier molecular flexibility index (Phi) is 4.04. The second kappa shape index (κ2) is 5.73. The van der Waals surface area contributed by atoms with E-state index in [4.69, 9.17) is 0 Å². The van der Waals surface area contributed by atoms with E-state index in [1.165, 1.54) is 0 Å². The summed E-state index contributed by atoms with van der Waals surface area (Å²) in [6, 6.07) is 7.29. The summed E-state index contributed by atoms with van der Waals surface area (Å²) in [5, 5.41) is 3.01. The molecular weight excluding hydrogens is 242 g/mol. The summed E-state index contributed by atoms with van der Waals surface area (Å²) in [5.74, 6) is -0.0796. The van der Waals surface area contributed by atoms with Gasteiger partial charge in [-0.3, -0.25) is 9.59 Å². The molecule has 102 valence electrons. The predicted molar refractivity (Wildman–Crippen MR) is 74.1 cm³/mol. The van der Waals surface area contributed by atoms with Gasteiger partial charge in [-0.1, -0.05) is 0 Å². The number of anilines is 1. The summed E-state index contributed by atoms with van der Waals surface area (Å²) in [6.07, 6.45) is 0.822. The first-order valence-electron chi connectivity index (χ1n) is 6.43. The van der Waals surface area contributed by atoms with Crippen LogP contribution < -0.4 is 5.32 Å². The third kappa shape index (κ3) is 3.05. The van der Waals surface area contributed by atoms with Crippen molar-refractivity contribution < 1.29 is 9.59 Å². The Labute approximate surface area is 113 Å². The fourth-order valence-electron chi connectivity index (χ4n) is 2.12. The van der Waals surface area contributed by atoms with E-state index in [2.05, 4.69) is 5.32 Å². The Balaban J connectivity index is 2.11. The van der Waals surface area contributed by atoms with Crippen LogP contribution in [0.1, 0.15) is 16.8 Å². The molecule has 0 spiro atoms. The van der Waals surface area contributed by atoms with E-state index in [-0.39, 0.29) is 18.4 Å². The Morgan fingerprint density at radius 2 is 1.89 bits per heavy atom. The maximum atomic E-state index is 12.3. The standard InChI is InChI=1S/C14H19N3O2/c1-15-12-6-4-11(5-7-12)14(19)17-9-3-8-16(2)13(18)10-17/h4-7,15H,3,8-10H2,1-2H3. The van der Waals surface area contributed by atoms with Crippen LogP contribution in [-0.4, -0.2) is 55.3 Å². The highest BCUT2D eigenvalue weighted by atomic mass is 16.2. The minimum absolute atomic E-state index is 0.00213. The highest BCUT2D eigenvalue weighted by Crippen LogP contribution is 2.12. The van der Waals surface area contributed by atoms with Crippen LogP contribution in [0.5, 0.6) is 0 Å². The van der Waals surface area contributed by atoms with Gasteiger partial charge < -0.3 is 15.1 Å². The molecule has 0 bridgehead atoms. The van der Waals surface area contributed by atoms with Crippen molar-refractivity contribution in [1.82, 2.24) is 9.80 Å². The zero-order chi connectivity index (χ0) is 13.8. The Morgan fingerprint density at radius 1 is 1.21 bits per heavy atom. The van der Waals surface area contributed by atoms with Crippen LogP contribution >= 0.6 is 0 Å². The maximum absolute atomic E-state index is 12.3. The zero-order valence-electron chi connectivity index (χ0n) is 11.3. The summed E-state index contributed by atoms with van der Waals surface area (Å²) < 4.78 is 0. The van der Waals surface area contributed by atoms with Gasteiger partial charge >= 0.3 is 0 Å². The van der Waals surface area contributed by atoms with Crippen molar-refractivity contribution in [2.75, 3.05) is 39.0 Å². The summed E-state index contributed by atoms with van der Waals surface area (Å²) in [5.41, 5.74) is 1.58. The van der Waals surface area contributed by atoms with Crippen LogP contribution in [-0.2, 0) is 4.79 Å². The summed E-state index contributed by atoms with van der Waals surface area (Å²) in [6.45, 7) is 1.51. The summed E-state index contributed by atoms with van der Waals surface area (Å²) in [4.78, 5) is 27.4. The van der Waals surface area contributed by atoms with Crippen LogP contribution in [0.2, 0.25) is 0 Å². The van der Waals surface area contributed by atoms with Crippen molar-refractivity contribution in [3.63, 3.8) is 0 Å². The molecule has 1 heterocycles. The Hall–Kier alpha value is -2.04. The van der Waals surface area contributed by atoms with Gasteiger partial charge in [0.2, 0.25) is 5.91 Å². The van der Waals surface area contributed by atoms with Crippen molar-refractivity contribution in [2.24, 2.45) is 0 Å². The predicted octanol–water partition coefficient (Wildman–Crippen LogP) is 1.03. The van der Waals surface area contributed by atoms with Gasteiger partial charge in [-0.15, -0.1) is 0 Å². The molecule has 1 aromatic rings. The molecule has 2 amide bonds. The third-order valence-electron chi connectivity index (χ3n) is 3.38. The number of hydrogen-bond donors (Lipinski definition) is 1. The maximum Gasteiger partial charge on any atom is 0.254 e. The van der Waals surface area contributed by atoms with Crippen LogP contribution in [0.15, 0.2) is 24.3 Å². The van der Waals surface area contributed by atoms with Crippen LogP contribution in [0.4, 0.5) is 5.69 Å². The second-order valence-corrected chi connectivity index (χ2v) is 4.72. The fraction of sp³-hybridized carbons (Fsp3) is 0.429. The van der Waals surface area contributed by atoms with Gasteiger partial charge in [0.15, 0.2) is 0 Å². The fourth-order valence-corrected chi connectivity index (χ4v) is 2.12. The van der Waals surface area contributed by atoms with E-state index >= 15 is 0 Å². The first-order chi connectivity index (χ1) is 9.11. The number of carbonyl (C=O) groups excluding carboxylic acids is 2. The lowest BCUT2D eigenvalue weighted by Crippen LogP contribution is -2.38. The normalized spacial score (nSPS) is 16.2. The lowest BCUT2D eigenvalue weighted by Gasteiger charge is -2.19. The SMILES string of the molecule is CNc1ccc(C(=O)N2CCCN(C)C(=O)C2)cc1. The number of rotatable bonds is 2. The molecule has 0 saturated carbocycles.